The predicted octanol–water partition coefficient (Wildman–Crippen LogP) is 5.40. The minimum absolute atomic E-state index is 0. The molecule has 1 fully saturated rings. The molecule has 0 bridgehead atoms. The Morgan fingerprint density at radius 1 is 1.19 bits per heavy atom. The third kappa shape index (κ3) is 4.04. The van der Waals surface area contributed by atoms with Crippen LogP contribution in [0.5, 0.6) is 0 Å². The van der Waals surface area contributed by atoms with Crippen molar-refractivity contribution in [3.05, 3.63) is 53.6 Å². The Kier molecular flexibility index (Phi) is 6.35. The van der Waals surface area contributed by atoms with Crippen molar-refractivity contribution >= 4 is 40.9 Å². The van der Waals surface area contributed by atoms with Crippen LogP contribution >= 0.6 is 24.0 Å². The molecule has 0 saturated carbocycles. The molecule has 1 saturated heterocycles. The largest absolute Gasteiger partial charge is 0.356 e. The predicted molar refractivity (Wildman–Crippen MR) is 126 cm³/mol. The van der Waals surface area contributed by atoms with Crippen molar-refractivity contribution in [3.8, 4) is 11.3 Å². The fourth-order valence-electron chi connectivity index (χ4n) is 4.27. The lowest BCUT2D eigenvalue weighted by atomic mass is 9.95. The van der Waals surface area contributed by atoms with Gasteiger partial charge in [0.2, 0.25) is 0 Å². The summed E-state index contributed by atoms with van der Waals surface area (Å²) in [7, 11) is 0. The number of halogens is 3. The SMILES string of the molecule is CC(C)n1cc(-c2ccc(F)c(Cl)c2)nc1C1CCN(c2ncnc3[nH]ncc23)CC1.Cl. The molecule has 4 aromatic rings. The van der Waals surface area contributed by atoms with Gasteiger partial charge < -0.3 is 9.47 Å². The zero-order chi connectivity index (χ0) is 21.5. The van der Waals surface area contributed by atoms with E-state index in [1.54, 1.807) is 24.7 Å². The number of piperidine rings is 1. The summed E-state index contributed by atoms with van der Waals surface area (Å²) in [4.78, 5) is 16.0. The second-order valence-corrected chi connectivity index (χ2v) is 8.61. The van der Waals surface area contributed by atoms with Crippen LogP contribution in [0.4, 0.5) is 10.2 Å². The summed E-state index contributed by atoms with van der Waals surface area (Å²) in [6, 6.07) is 5.04. The minimum atomic E-state index is -0.419. The molecule has 3 aromatic heterocycles. The van der Waals surface area contributed by atoms with Gasteiger partial charge in [-0.1, -0.05) is 11.6 Å². The van der Waals surface area contributed by atoms with E-state index in [1.807, 2.05) is 0 Å². The van der Waals surface area contributed by atoms with Gasteiger partial charge in [0.05, 0.1) is 22.3 Å². The molecule has 1 aromatic carbocycles. The van der Waals surface area contributed by atoms with E-state index in [9.17, 15) is 4.39 Å². The summed E-state index contributed by atoms with van der Waals surface area (Å²) in [5.74, 6) is 1.91. The first-order chi connectivity index (χ1) is 15.0. The molecular formula is C22H24Cl2FN7. The smallest absolute Gasteiger partial charge is 0.160 e. The van der Waals surface area contributed by atoms with Crippen LogP contribution in [0.25, 0.3) is 22.3 Å². The molecule has 0 amide bonds. The number of H-pyrrole nitrogens is 1. The van der Waals surface area contributed by atoms with Crippen LogP contribution in [-0.2, 0) is 0 Å². The van der Waals surface area contributed by atoms with Crippen molar-refractivity contribution in [2.24, 2.45) is 0 Å². The third-order valence-corrected chi connectivity index (χ3v) is 6.21. The van der Waals surface area contributed by atoms with Crippen molar-refractivity contribution in [2.45, 2.75) is 38.6 Å². The lowest BCUT2D eigenvalue weighted by Crippen LogP contribution is -2.34. The van der Waals surface area contributed by atoms with E-state index in [1.165, 1.54) is 6.07 Å². The van der Waals surface area contributed by atoms with E-state index >= 15 is 0 Å². The first-order valence-electron chi connectivity index (χ1n) is 10.4. The lowest BCUT2D eigenvalue weighted by molar-refractivity contribution is 0.448. The highest BCUT2D eigenvalue weighted by molar-refractivity contribution is 6.31. The summed E-state index contributed by atoms with van der Waals surface area (Å²) in [6.45, 7) is 6.06. The average molecular weight is 476 g/mol. The molecule has 1 aliphatic rings. The number of hydrogen-bond acceptors (Lipinski definition) is 5. The summed E-state index contributed by atoms with van der Waals surface area (Å²) < 4.78 is 15.8. The zero-order valence-electron chi connectivity index (χ0n) is 17.8. The quantitative estimate of drug-likeness (QED) is 0.427. The van der Waals surface area contributed by atoms with Crippen LogP contribution < -0.4 is 4.90 Å². The number of aromatic nitrogens is 6. The van der Waals surface area contributed by atoms with Gasteiger partial charge >= 0.3 is 0 Å². The van der Waals surface area contributed by atoms with Crippen LogP contribution in [0.2, 0.25) is 5.02 Å². The van der Waals surface area contributed by atoms with Crippen LogP contribution in [-0.4, -0.2) is 42.8 Å². The average Bonchev–Trinajstić information content (AvgIpc) is 3.43. The highest BCUT2D eigenvalue weighted by Crippen LogP contribution is 2.34. The van der Waals surface area contributed by atoms with Crippen molar-refractivity contribution in [1.82, 2.24) is 29.7 Å². The van der Waals surface area contributed by atoms with E-state index in [0.29, 0.717) is 5.92 Å². The summed E-state index contributed by atoms with van der Waals surface area (Å²) in [6.07, 6.45) is 7.35. The fraction of sp³-hybridized carbons (Fsp3) is 0.364. The van der Waals surface area contributed by atoms with Crippen molar-refractivity contribution in [1.29, 1.82) is 0 Å². The molecule has 4 heterocycles. The highest BCUT2D eigenvalue weighted by atomic mass is 35.5. The zero-order valence-corrected chi connectivity index (χ0v) is 19.4. The van der Waals surface area contributed by atoms with Gasteiger partial charge in [0.15, 0.2) is 5.65 Å². The summed E-state index contributed by atoms with van der Waals surface area (Å²) >= 11 is 6.00. The van der Waals surface area contributed by atoms with Crippen molar-refractivity contribution < 1.29 is 4.39 Å². The maximum atomic E-state index is 13.6. The lowest BCUT2D eigenvalue weighted by Gasteiger charge is -2.33. The Morgan fingerprint density at radius 3 is 2.69 bits per heavy atom. The highest BCUT2D eigenvalue weighted by Gasteiger charge is 2.27. The Hall–Kier alpha value is -2.71. The third-order valence-electron chi connectivity index (χ3n) is 5.92. The van der Waals surface area contributed by atoms with Crippen LogP contribution in [0, 0.1) is 5.82 Å². The van der Waals surface area contributed by atoms with Gasteiger partial charge in [0, 0.05) is 36.8 Å². The summed E-state index contributed by atoms with van der Waals surface area (Å²) in [5.41, 5.74) is 2.40. The van der Waals surface area contributed by atoms with Gasteiger partial charge in [-0.15, -0.1) is 12.4 Å². The molecule has 0 aliphatic carbocycles. The Bertz CT molecular complexity index is 1230. The second-order valence-electron chi connectivity index (χ2n) is 8.21. The minimum Gasteiger partial charge on any atom is -0.356 e. The van der Waals surface area contributed by atoms with Crippen LogP contribution in [0.3, 0.4) is 0 Å². The van der Waals surface area contributed by atoms with Crippen LogP contribution in [0.15, 0.2) is 36.9 Å². The topological polar surface area (TPSA) is 75.5 Å². The number of imidazole rings is 1. The van der Waals surface area contributed by atoms with Gasteiger partial charge in [-0.25, -0.2) is 19.3 Å². The molecule has 0 atom stereocenters. The Labute approximate surface area is 196 Å². The molecule has 32 heavy (non-hydrogen) atoms. The molecule has 168 valence electrons. The van der Waals surface area contributed by atoms with Gasteiger partial charge in [-0.2, -0.15) is 5.10 Å². The number of benzene rings is 1. The Morgan fingerprint density at radius 2 is 1.97 bits per heavy atom. The molecule has 0 unspecified atom stereocenters. The molecule has 0 radical (unpaired) electrons. The first-order valence-corrected chi connectivity index (χ1v) is 10.8. The number of hydrogen-bond donors (Lipinski definition) is 1. The van der Waals surface area contributed by atoms with E-state index in [0.717, 1.165) is 59.9 Å². The maximum Gasteiger partial charge on any atom is 0.160 e. The monoisotopic (exact) mass is 475 g/mol. The van der Waals surface area contributed by atoms with Gasteiger partial charge in [0.1, 0.15) is 23.8 Å². The fourth-order valence-corrected chi connectivity index (χ4v) is 4.45. The van der Waals surface area contributed by atoms with Gasteiger partial charge in [-0.3, -0.25) is 5.10 Å². The number of rotatable bonds is 4. The molecule has 5 rings (SSSR count). The van der Waals surface area contributed by atoms with E-state index in [-0.39, 0.29) is 23.5 Å². The maximum absolute atomic E-state index is 13.6. The molecule has 0 spiro atoms. The molecular weight excluding hydrogens is 452 g/mol. The van der Waals surface area contributed by atoms with Gasteiger partial charge in [-0.05, 0) is 44.9 Å². The number of nitrogens with zero attached hydrogens (tertiary/aromatic N) is 6. The molecule has 1 aliphatic heterocycles. The van der Waals surface area contributed by atoms with Gasteiger partial charge in [0.25, 0.3) is 0 Å². The number of aromatic amines is 1. The van der Waals surface area contributed by atoms with Crippen LogP contribution in [0.1, 0.15) is 44.5 Å². The second kappa shape index (κ2) is 9.03. The standard InChI is InChI=1S/C22H23ClFN7.ClH/c1-13(2)31-11-19(15-3-4-18(24)17(23)9-15)28-21(31)14-5-7-30(8-6-14)22-16-10-27-29-20(16)25-12-26-22;/h3-4,9-14H,5-8H2,1-2H3,(H,25,26,27,29);1H. The number of fused-ring (bicyclic) bond motifs is 1. The number of anilines is 1. The molecule has 7 nitrogen and oxygen atoms in total. The number of nitrogens with one attached hydrogen (secondary N) is 1. The Balaban J connectivity index is 0.00000245. The molecule has 10 heteroatoms. The molecule has 1 N–H and O–H groups in total. The van der Waals surface area contributed by atoms with E-state index in [2.05, 4.69) is 49.7 Å². The summed E-state index contributed by atoms with van der Waals surface area (Å²) in [5, 5.41) is 8.06. The first kappa shape index (κ1) is 22.5. The van der Waals surface area contributed by atoms with Crippen molar-refractivity contribution in [3.63, 3.8) is 0 Å². The van der Waals surface area contributed by atoms with Crippen molar-refractivity contribution in [2.75, 3.05) is 18.0 Å². The van der Waals surface area contributed by atoms with E-state index < -0.39 is 5.82 Å². The van der Waals surface area contributed by atoms with E-state index in [4.69, 9.17) is 16.6 Å². The normalized spacial score (nSPS) is 14.8.